The molecule has 0 aliphatic rings. The van der Waals surface area contributed by atoms with Crippen LogP contribution in [0, 0.1) is 0 Å². The van der Waals surface area contributed by atoms with E-state index in [-0.39, 0.29) is 24.8 Å². The summed E-state index contributed by atoms with van der Waals surface area (Å²) in [5.41, 5.74) is 7.35. The van der Waals surface area contributed by atoms with Crippen molar-refractivity contribution in [3.05, 3.63) is 76.8 Å². The molecule has 3 N–H and O–H groups in total. The van der Waals surface area contributed by atoms with Crippen LogP contribution < -0.4 is 16.2 Å². The summed E-state index contributed by atoms with van der Waals surface area (Å²) in [5.74, 6) is -0.433. The normalized spacial score (nSPS) is 9.88. The fourth-order valence-corrected chi connectivity index (χ4v) is 2.18. The summed E-state index contributed by atoms with van der Waals surface area (Å²) in [6, 6.07) is 16.4. The van der Waals surface area contributed by atoms with E-state index in [1.807, 2.05) is 30.3 Å². The molecule has 0 heterocycles. The highest BCUT2D eigenvalue weighted by atomic mass is 79.9. The summed E-state index contributed by atoms with van der Waals surface area (Å²) in [6.45, 7) is 4.12. The Hall–Kier alpha value is -2.60. The maximum atomic E-state index is 11.8. The van der Waals surface area contributed by atoms with Crippen LogP contribution in [0.3, 0.4) is 0 Å². The number of rotatable bonds is 7. The number of carbonyl (C=O) groups is 2. The van der Waals surface area contributed by atoms with Gasteiger partial charge in [0.15, 0.2) is 0 Å². The highest BCUT2D eigenvalue weighted by molar-refractivity contribution is 9.10. The zero-order chi connectivity index (χ0) is 17.4. The molecule has 2 aromatic rings. The van der Waals surface area contributed by atoms with Crippen LogP contribution in [0.4, 0.5) is 0 Å². The van der Waals surface area contributed by atoms with Gasteiger partial charge in [-0.15, -0.1) is 0 Å². The van der Waals surface area contributed by atoms with Crippen molar-refractivity contribution in [2.24, 2.45) is 0 Å². The number of benzene rings is 2. The van der Waals surface area contributed by atoms with E-state index < -0.39 is 0 Å². The van der Waals surface area contributed by atoms with Gasteiger partial charge in [-0.2, -0.15) is 0 Å². The van der Waals surface area contributed by atoms with Gasteiger partial charge in [0.1, 0.15) is 0 Å². The minimum absolute atomic E-state index is 0.166. The Morgan fingerprint density at radius 3 is 2.25 bits per heavy atom. The Morgan fingerprint density at radius 1 is 0.917 bits per heavy atom. The highest BCUT2D eigenvalue weighted by Crippen LogP contribution is 2.14. The van der Waals surface area contributed by atoms with E-state index in [4.69, 9.17) is 0 Å². The van der Waals surface area contributed by atoms with Crippen LogP contribution >= 0.6 is 15.9 Å². The zero-order valence-electron chi connectivity index (χ0n) is 13.0. The van der Waals surface area contributed by atoms with Gasteiger partial charge >= 0.3 is 0 Å². The van der Waals surface area contributed by atoms with E-state index in [0.29, 0.717) is 11.3 Å². The maximum absolute atomic E-state index is 11.8. The minimum Gasteiger partial charge on any atom is -0.352 e. The predicted octanol–water partition coefficient (Wildman–Crippen LogP) is 2.86. The van der Waals surface area contributed by atoms with Crippen molar-refractivity contribution < 1.29 is 9.59 Å². The Balaban J connectivity index is 1.69. The molecule has 0 radical (unpaired) electrons. The van der Waals surface area contributed by atoms with Crippen LogP contribution in [0.5, 0.6) is 0 Å². The van der Waals surface area contributed by atoms with Crippen molar-refractivity contribution in [1.29, 1.82) is 0 Å². The number of hydrazine groups is 1. The second-order valence-electron chi connectivity index (χ2n) is 5.03. The SMILES string of the molecule is C=C(NNC(=O)CCNC(=O)c1ccccc1)c1ccc(Br)cc1. The lowest BCUT2D eigenvalue weighted by molar-refractivity contribution is -0.121. The number of hydrogen-bond donors (Lipinski definition) is 3. The molecule has 24 heavy (non-hydrogen) atoms. The summed E-state index contributed by atoms with van der Waals surface area (Å²) < 4.78 is 0.970. The fraction of sp³-hybridized carbons (Fsp3) is 0.111. The molecule has 2 amide bonds. The van der Waals surface area contributed by atoms with Crippen LogP contribution in [0.1, 0.15) is 22.3 Å². The van der Waals surface area contributed by atoms with Crippen molar-refractivity contribution in [3.8, 4) is 0 Å². The smallest absolute Gasteiger partial charge is 0.251 e. The third-order valence-electron chi connectivity index (χ3n) is 3.22. The van der Waals surface area contributed by atoms with Gasteiger partial charge in [0.05, 0.1) is 5.70 Å². The van der Waals surface area contributed by atoms with Gasteiger partial charge in [-0.3, -0.25) is 20.4 Å². The molecular formula is C18H18BrN3O2. The number of amides is 2. The molecule has 0 saturated carbocycles. The number of carbonyl (C=O) groups excluding carboxylic acids is 2. The lowest BCUT2D eigenvalue weighted by Gasteiger charge is -2.11. The van der Waals surface area contributed by atoms with Crippen molar-refractivity contribution in [2.45, 2.75) is 6.42 Å². The second kappa shape index (κ2) is 8.88. The van der Waals surface area contributed by atoms with Crippen LogP contribution in [-0.4, -0.2) is 18.4 Å². The van der Waals surface area contributed by atoms with Gasteiger partial charge in [0.25, 0.3) is 5.91 Å². The average molecular weight is 388 g/mol. The first kappa shape index (κ1) is 17.7. The summed E-state index contributed by atoms with van der Waals surface area (Å²) in [6.07, 6.45) is 0.166. The van der Waals surface area contributed by atoms with E-state index in [0.717, 1.165) is 10.0 Å². The molecule has 0 aliphatic heterocycles. The molecule has 0 atom stereocenters. The zero-order valence-corrected chi connectivity index (χ0v) is 14.6. The topological polar surface area (TPSA) is 70.2 Å². The van der Waals surface area contributed by atoms with Crippen LogP contribution in [0.2, 0.25) is 0 Å². The van der Waals surface area contributed by atoms with Gasteiger partial charge in [-0.1, -0.05) is 52.8 Å². The minimum atomic E-state index is -0.235. The largest absolute Gasteiger partial charge is 0.352 e. The first-order valence-corrected chi connectivity index (χ1v) is 8.18. The van der Waals surface area contributed by atoms with Gasteiger partial charge < -0.3 is 5.32 Å². The Kier molecular flexibility index (Phi) is 6.57. The molecule has 2 rings (SSSR count). The van der Waals surface area contributed by atoms with E-state index >= 15 is 0 Å². The molecular weight excluding hydrogens is 370 g/mol. The summed E-state index contributed by atoms with van der Waals surface area (Å²) in [5, 5.41) is 2.70. The first-order chi connectivity index (χ1) is 11.6. The standard InChI is InChI=1S/C18H18BrN3O2/c1-13(14-7-9-16(19)10-8-14)21-22-17(23)11-12-20-18(24)15-5-3-2-4-6-15/h2-10,21H,1,11-12H2,(H,20,24)(H,22,23). The van der Waals surface area contributed by atoms with Gasteiger partial charge in [-0.05, 0) is 29.8 Å². The first-order valence-electron chi connectivity index (χ1n) is 7.39. The highest BCUT2D eigenvalue weighted by Gasteiger charge is 2.06. The maximum Gasteiger partial charge on any atom is 0.251 e. The molecule has 124 valence electrons. The quantitative estimate of drug-likeness (QED) is 0.639. The molecule has 5 nitrogen and oxygen atoms in total. The Labute approximate surface area is 149 Å². The van der Waals surface area contributed by atoms with Crippen molar-refractivity contribution in [1.82, 2.24) is 16.2 Å². The third-order valence-corrected chi connectivity index (χ3v) is 3.75. The lowest BCUT2D eigenvalue weighted by atomic mass is 10.2. The van der Waals surface area contributed by atoms with Gasteiger partial charge in [-0.25, -0.2) is 0 Å². The Morgan fingerprint density at radius 2 is 1.58 bits per heavy atom. The Bertz CT molecular complexity index is 715. The van der Waals surface area contributed by atoms with Crippen molar-refractivity contribution in [3.63, 3.8) is 0 Å². The predicted molar refractivity (Wildman–Crippen MR) is 97.8 cm³/mol. The van der Waals surface area contributed by atoms with Crippen LogP contribution in [0.25, 0.3) is 5.70 Å². The van der Waals surface area contributed by atoms with Crippen molar-refractivity contribution >= 4 is 33.4 Å². The molecule has 0 unspecified atom stereocenters. The summed E-state index contributed by atoms with van der Waals surface area (Å²) in [4.78, 5) is 23.6. The lowest BCUT2D eigenvalue weighted by Crippen LogP contribution is -2.38. The van der Waals surface area contributed by atoms with Crippen LogP contribution in [0.15, 0.2) is 65.6 Å². The summed E-state index contributed by atoms with van der Waals surface area (Å²) in [7, 11) is 0. The summed E-state index contributed by atoms with van der Waals surface area (Å²) >= 11 is 3.36. The number of hydrogen-bond acceptors (Lipinski definition) is 3. The fourth-order valence-electron chi connectivity index (χ4n) is 1.91. The molecule has 0 saturated heterocycles. The van der Waals surface area contributed by atoms with Gasteiger partial charge in [0.2, 0.25) is 5.91 Å². The van der Waals surface area contributed by atoms with Gasteiger partial charge in [0, 0.05) is 23.0 Å². The van der Waals surface area contributed by atoms with E-state index in [1.165, 1.54) is 0 Å². The molecule has 0 spiro atoms. The molecule has 0 bridgehead atoms. The molecule has 0 fully saturated rings. The van der Waals surface area contributed by atoms with E-state index in [1.54, 1.807) is 24.3 Å². The monoisotopic (exact) mass is 387 g/mol. The number of nitrogens with one attached hydrogen (secondary N) is 3. The van der Waals surface area contributed by atoms with E-state index in [2.05, 4.69) is 38.7 Å². The third kappa shape index (κ3) is 5.55. The molecule has 2 aromatic carbocycles. The average Bonchev–Trinajstić information content (AvgIpc) is 2.61. The second-order valence-corrected chi connectivity index (χ2v) is 5.95. The molecule has 0 aromatic heterocycles. The van der Waals surface area contributed by atoms with Crippen LogP contribution in [-0.2, 0) is 4.79 Å². The van der Waals surface area contributed by atoms with E-state index in [9.17, 15) is 9.59 Å². The molecule has 0 aliphatic carbocycles. The van der Waals surface area contributed by atoms with Crippen molar-refractivity contribution in [2.75, 3.05) is 6.54 Å². The number of halogens is 1. The molecule has 6 heteroatoms.